The van der Waals surface area contributed by atoms with Gasteiger partial charge in [-0.15, -0.1) is 0 Å². The molecule has 1 unspecified atom stereocenters. The van der Waals surface area contributed by atoms with E-state index in [1.807, 2.05) is 6.07 Å². The fraction of sp³-hybridized carbons (Fsp3) is 0.429. The van der Waals surface area contributed by atoms with Crippen LogP contribution in [0.1, 0.15) is 24.4 Å². The summed E-state index contributed by atoms with van der Waals surface area (Å²) in [6.45, 7) is 0.284. The van der Waals surface area contributed by atoms with Crippen molar-refractivity contribution in [2.45, 2.75) is 30.3 Å². The Morgan fingerprint density at radius 2 is 1.90 bits per heavy atom. The maximum Gasteiger partial charge on any atom is 0.251 e. The van der Waals surface area contributed by atoms with Crippen molar-refractivity contribution in [1.29, 1.82) is 0 Å². The number of benzene rings is 1. The smallest absolute Gasteiger partial charge is 0.251 e. The van der Waals surface area contributed by atoms with Crippen LogP contribution in [0.4, 0.5) is 0 Å². The van der Waals surface area contributed by atoms with Gasteiger partial charge in [0, 0.05) is 38.5 Å². The summed E-state index contributed by atoms with van der Waals surface area (Å²) in [5.41, 5.74) is 0.393. The molecule has 2 aromatic rings. The topological polar surface area (TPSA) is 98.2 Å². The van der Waals surface area contributed by atoms with Gasteiger partial charge in [0.1, 0.15) is 18.0 Å². The largest absolute Gasteiger partial charge is 0.497 e. The third-order valence-corrected chi connectivity index (χ3v) is 7.21. The van der Waals surface area contributed by atoms with Gasteiger partial charge in [0.2, 0.25) is 15.9 Å². The Balaban J connectivity index is 1.90. The molecular formula is C21H27N3O6S. The number of rotatable bonds is 7. The standard InChI is InChI=1S/C21H27N3O6S/c1-22(2)31(27,28)16-8-10-20(25)23(13-16)14-21(26)24-11-5-6-18(24)17-12-15(29-3)7-9-19(17)30-4/h7-10,12-13,18H,5-6,11,14H2,1-4H3. The normalized spacial score (nSPS) is 16.5. The number of amides is 1. The molecule has 1 aliphatic heterocycles. The number of pyridine rings is 1. The molecule has 0 spiro atoms. The highest BCUT2D eigenvalue weighted by atomic mass is 32.2. The number of hydrogen-bond donors (Lipinski definition) is 0. The molecule has 168 valence electrons. The van der Waals surface area contributed by atoms with Crippen LogP contribution in [0.5, 0.6) is 11.5 Å². The molecule has 0 aliphatic carbocycles. The summed E-state index contributed by atoms with van der Waals surface area (Å²) >= 11 is 0. The highest BCUT2D eigenvalue weighted by Crippen LogP contribution is 2.39. The first kappa shape index (κ1) is 22.8. The van der Waals surface area contributed by atoms with Crippen LogP contribution >= 0.6 is 0 Å². The molecule has 1 atom stereocenters. The van der Waals surface area contributed by atoms with Crippen LogP contribution in [0.25, 0.3) is 0 Å². The summed E-state index contributed by atoms with van der Waals surface area (Å²) in [4.78, 5) is 27.1. The van der Waals surface area contributed by atoms with Crippen LogP contribution in [0.15, 0.2) is 46.2 Å². The Hall–Kier alpha value is -2.85. The lowest BCUT2D eigenvalue weighted by atomic mass is 10.0. The molecule has 31 heavy (non-hydrogen) atoms. The monoisotopic (exact) mass is 449 g/mol. The fourth-order valence-corrected chi connectivity index (χ4v) is 4.64. The zero-order valence-corrected chi connectivity index (χ0v) is 18.9. The first-order valence-corrected chi connectivity index (χ1v) is 11.3. The van der Waals surface area contributed by atoms with Gasteiger partial charge in [-0.1, -0.05) is 0 Å². The first-order chi connectivity index (χ1) is 14.7. The van der Waals surface area contributed by atoms with Gasteiger partial charge in [-0.3, -0.25) is 9.59 Å². The molecule has 1 aliphatic rings. The third kappa shape index (κ3) is 4.59. The van der Waals surface area contributed by atoms with Crippen LogP contribution in [0.2, 0.25) is 0 Å². The SMILES string of the molecule is COc1ccc(OC)c(C2CCCN2C(=O)Cn2cc(S(=O)(=O)N(C)C)ccc2=O)c1. The molecule has 0 radical (unpaired) electrons. The van der Waals surface area contributed by atoms with Gasteiger partial charge < -0.3 is 18.9 Å². The molecule has 10 heteroatoms. The van der Waals surface area contributed by atoms with Crippen LogP contribution in [0.3, 0.4) is 0 Å². The number of methoxy groups -OCH3 is 2. The fourth-order valence-electron chi connectivity index (χ4n) is 3.72. The highest BCUT2D eigenvalue weighted by molar-refractivity contribution is 7.89. The average molecular weight is 450 g/mol. The lowest BCUT2D eigenvalue weighted by molar-refractivity contribution is -0.132. The second-order valence-electron chi connectivity index (χ2n) is 7.47. The maximum absolute atomic E-state index is 13.1. The van der Waals surface area contributed by atoms with Gasteiger partial charge in [-0.05, 0) is 37.1 Å². The van der Waals surface area contributed by atoms with Crippen molar-refractivity contribution in [2.24, 2.45) is 0 Å². The quantitative estimate of drug-likeness (QED) is 0.635. The van der Waals surface area contributed by atoms with Gasteiger partial charge in [0.25, 0.3) is 5.56 Å². The third-order valence-electron chi connectivity index (χ3n) is 5.41. The Labute approximate surface area is 181 Å². The number of sulfonamides is 1. The van der Waals surface area contributed by atoms with Crippen molar-refractivity contribution >= 4 is 15.9 Å². The average Bonchev–Trinajstić information content (AvgIpc) is 3.24. The van der Waals surface area contributed by atoms with Gasteiger partial charge in [0.05, 0.1) is 25.2 Å². The van der Waals surface area contributed by atoms with Crippen molar-refractivity contribution < 1.29 is 22.7 Å². The molecule has 0 saturated carbocycles. The Kier molecular flexibility index (Phi) is 6.71. The zero-order chi connectivity index (χ0) is 22.8. The molecule has 0 N–H and O–H groups in total. The molecular weight excluding hydrogens is 422 g/mol. The molecule has 1 aromatic carbocycles. The van der Waals surface area contributed by atoms with Crippen molar-refractivity contribution in [2.75, 3.05) is 34.9 Å². The number of likely N-dealkylation sites (tertiary alicyclic amines) is 1. The molecule has 2 heterocycles. The minimum absolute atomic E-state index is 0.0441. The van der Waals surface area contributed by atoms with E-state index < -0.39 is 15.6 Å². The number of aromatic nitrogens is 1. The summed E-state index contributed by atoms with van der Waals surface area (Å²) in [5, 5.41) is 0. The van der Waals surface area contributed by atoms with E-state index in [0.29, 0.717) is 18.0 Å². The second-order valence-corrected chi connectivity index (χ2v) is 9.62. The summed E-state index contributed by atoms with van der Waals surface area (Å²) in [5.74, 6) is 1.04. The van der Waals surface area contributed by atoms with Gasteiger partial charge in [-0.25, -0.2) is 12.7 Å². The van der Waals surface area contributed by atoms with Gasteiger partial charge >= 0.3 is 0 Å². The predicted octanol–water partition coefficient (Wildman–Crippen LogP) is 1.48. The molecule has 1 aromatic heterocycles. The van der Waals surface area contributed by atoms with E-state index in [1.54, 1.807) is 31.3 Å². The van der Waals surface area contributed by atoms with Crippen LogP contribution in [-0.4, -0.2) is 63.0 Å². The Morgan fingerprint density at radius 1 is 1.16 bits per heavy atom. The Bertz CT molecular complexity index is 1130. The molecule has 9 nitrogen and oxygen atoms in total. The highest BCUT2D eigenvalue weighted by Gasteiger charge is 2.32. The summed E-state index contributed by atoms with van der Waals surface area (Å²) in [6.07, 6.45) is 2.77. The Morgan fingerprint density at radius 3 is 2.55 bits per heavy atom. The number of hydrogen-bond acceptors (Lipinski definition) is 6. The predicted molar refractivity (Wildman–Crippen MR) is 115 cm³/mol. The van der Waals surface area contributed by atoms with E-state index >= 15 is 0 Å². The number of carbonyl (C=O) groups excluding carboxylic acids is 1. The van der Waals surface area contributed by atoms with Crippen molar-refractivity contribution in [3.05, 3.63) is 52.4 Å². The molecule has 1 amide bonds. The number of nitrogens with zero attached hydrogens (tertiary/aromatic N) is 3. The van der Waals surface area contributed by atoms with E-state index in [0.717, 1.165) is 33.3 Å². The second kappa shape index (κ2) is 9.11. The molecule has 1 saturated heterocycles. The van der Waals surface area contributed by atoms with E-state index in [-0.39, 0.29) is 23.4 Å². The molecule has 0 bridgehead atoms. The van der Waals surface area contributed by atoms with Crippen molar-refractivity contribution in [3.8, 4) is 11.5 Å². The number of ether oxygens (including phenoxy) is 2. The van der Waals surface area contributed by atoms with E-state index in [2.05, 4.69) is 0 Å². The van der Waals surface area contributed by atoms with Crippen LogP contribution < -0.4 is 15.0 Å². The zero-order valence-electron chi connectivity index (χ0n) is 18.1. The summed E-state index contributed by atoms with van der Waals surface area (Å²) in [7, 11) is 2.24. The van der Waals surface area contributed by atoms with Crippen molar-refractivity contribution in [3.63, 3.8) is 0 Å². The van der Waals surface area contributed by atoms with Crippen LogP contribution in [0, 0.1) is 0 Å². The lowest BCUT2D eigenvalue weighted by Gasteiger charge is -2.27. The van der Waals surface area contributed by atoms with E-state index in [9.17, 15) is 18.0 Å². The summed E-state index contributed by atoms with van der Waals surface area (Å²) in [6, 6.07) is 7.64. The van der Waals surface area contributed by atoms with E-state index in [4.69, 9.17) is 9.47 Å². The maximum atomic E-state index is 13.1. The van der Waals surface area contributed by atoms with E-state index in [1.165, 1.54) is 26.4 Å². The number of carbonyl (C=O) groups is 1. The minimum Gasteiger partial charge on any atom is -0.497 e. The first-order valence-electron chi connectivity index (χ1n) is 9.83. The van der Waals surface area contributed by atoms with Crippen LogP contribution in [-0.2, 0) is 21.4 Å². The minimum atomic E-state index is -3.72. The van der Waals surface area contributed by atoms with Gasteiger partial charge in [-0.2, -0.15) is 0 Å². The molecule has 3 rings (SSSR count). The molecule has 1 fully saturated rings. The lowest BCUT2D eigenvalue weighted by Crippen LogP contribution is -2.36. The summed E-state index contributed by atoms with van der Waals surface area (Å²) < 4.78 is 37.8. The van der Waals surface area contributed by atoms with Crippen molar-refractivity contribution in [1.82, 2.24) is 13.8 Å². The van der Waals surface area contributed by atoms with Gasteiger partial charge in [0.15, 0.2) is 0 Å².